The molecule has 0 aliphatic rings. The third-order valence-electron chi connectivity index (χ3n) is 4.24. The van der Waals surface area contributed by atoms with Crippen LogP contribution in [-0.2, 0) is 27.2 Å². The van der Waals surface area contributed by atoms with Crippen molar-refractivity contribution in [2.75, 3.05) is 19.8 Å². The maximum absolute atomic E-state index is 12.1. The van der Waals surface area contributed by atoms with Crippen molar-refractivity contribution in [2.45, 2.75) is 19.8 Å². The number of thiazole rings is 1. The minimum atomic E-state index is -0.483. The first-order chi connectivity index (χ1) is 14.7. The quantitative estimate of drug-likeness (QED) is 0.503. The molecule has 0 radical (unpaired) electrons. The Morgan fingerprint density at radius 2 is 1.83 bits per heavy atom. The summed E-state index contributed by atoms with van der Waals surface area (Å²) in [6.07, 6.45) is 0.746. The summed E-state index contributed by atoms with van der Waals surface area (Å²) in [5, 5.41) is 5.35. The Balaban J connectivity index is 1.44. The highest BCUT2D eigenvalue weighted by Crippen LogP contribution is 2.32. The van der Waals surface area contributed by atoms with Gasteiger partial charge in [0.1, 0.15) is 10.8 Å². The van der Waals surface area contributed by atoms with Gasteiger partial charge in [0.2, 0.25) is 0 Å². The van der Waals surface area contributed by atoms with Gasteiger partial charge in [-0.15, -0.1) is 11.3 Å². The fourth-order valence-corrected chi connectivity index (χ4v) is 3.67. The first-order valence-electron chi connectivity index (χ1n) is 9.78. The molecule has 3 rings (SSSR count). The predicted octanol–water partition coefficient (Wildman–Crippen LogP) is 3.65. The van der Waals surface area contributed by atoms with Gasteiger partial charge in [0, 0.05) is 11.9 Å². The minimum absolute atomic E-state index is 0.0184. The van der Waals surface area contributed by atoms with Crippen LogP contribution in [0.1, 0.15) is 18.2 Å². The zero-order chi connectivity index (χ0) is 21.2. The Morgan fingerprint density at radius 1 is 1.07 bits per heavy atom. The Kier molecular flexibility index (Phi) is 7.97. The van der Waals surface area contributed by atoms with Crippen molar-refractivity contribution < 1.29 is 19.1 Å². The standard InChI is InChI=1S/C23H24N2O4S/c1-2-28-20-11-7-6-10-19(20)23-25-18(16-30-23)14-22(27)29-15-21(26)24-13-12-17-8-4-3-5-9-17/h3-11,16H,2,12-15H2,1H3,(H,24,26). The summed E-state index contributed by atoms with van der Waals surface area (Å²) in [6, 6.07) is 17.5. The van der Waals surface area contributed by atoms with E-state index < -0.39 is 5.97 Å². The van der Waals surface area contributed by atoms with Crippen molar-refractivity contribution in [1.29, 1.82) is 0 Å². The molecule has 0 aliphatic carbocycles. The van der Waals surface area contributed by atoms with Crippen molar-refractivity contribution in [2.24, 2.45) is 0 Å². The second-order valence-electron chi connectivity index (χ2n) is 6.50. The van der Waals surface area contributed by atoms with Crippen molar-refractivity contribution in [3.8, 4) is 16.3 Å². The number of benzene rings is 2. The normalized spacial score (nSPS) is 10.4. The molecule has 30 heavy (non-hydrogen) atoms. The fourth-order valence-electron chi connectivity index (χ4n) is 2.82. The Bertz CT molecular complexity index is 972. The van der Waals surface area contributed by atoms with Crippen LogP contribution in [0.25, 0.3) is 10.6 Å². The molecule has 0 spiro atoms. The maximum atomic E-state index is 12.1. The zero-order valence-corrected chi connectivity index (χ0v) is 17.6. The van der Waals surface area contributed by atoms with E-state index >= 15 is 0 Å². The molecular weight excluding hydrogens is 400 g/mol. The summed E-state index contributed by atoms with van der Waals surface area (Å²) in [6.45, 7) is 2.69. The SMILES string of the molecule is CCOc1ccccc1-c1nc(CC(=O)OCC(=O)NCCc2ccccc2)cs1. The number of nitrogens with zero attached hydrogens (tertiary/aromatic N) is 1. The van der Waals surface area contributed by atoms with Gasteiger partial charge in [-0.2, -0.15) is 0 Å². The van der Waals surface area contributed by atoms with Crippen LogP contribution in [0.15, 0.2) is 60.0 Å². The van der Waals surface area contributed by atoms with E-state index in [2.05, 4.69) is 10.3 Å². The van der Waals surface area contributed by atoms with Crippen LogP contribution in [0.4, 0.5) is 0 Å². The monoisotopic (exact) mass is 424 g/mol. The van der Waals surface area contributed by atoms with Crippen molar-refractivity contribution in [1.82, 2.24) is 10.3 Å². The summed E-state index contributed by atoms with van der Waals surface area (Å²) < 4.78 is 10.7. The molecule has 1 aromatic heterocycles. The van der Waals surface area contributed by atoms with Gasteiger partial charge in [-0.25, -0.2) is 4.98 Å². The van der Waals surface area contributed by atoms with Gasteiger partial charge in [0.15, 0.2) is 6.61 Å². The van der Waals surface area contributed by atoms with Crippen LogP contribution in [0.3, 0.4) is 0 Å². The van der Waals surface area contributed by atoms with E-state index in [4.69, 9.17) is 9.47 Å². The number of carbonyl (C=O) groups excluding carboxylic acids is 2. The lowest BCUT2D eigenvalue weighted by Crippen LogP contribution is -2.30. The number of nitrogens with one attached hydrogen (secondary N) is 1. The molecule has 7 heteroatoms. The third kappa shape index (κ3) is 6.42. The lowest BCUT2D eigenvalue weighted by atomic mass is 10.1. The molecule has 0 bridgehead atoms. The molecule has 156 valence electrons. The smallest absolute Gasteiger partial charge is 0.312 e. The molecule has 0 aliphatic heterocycles. The summed E-state index contributed by atoms with van der Waals surface area (Å²) in [5.41, 5.74) is 2.64. The van der Waals surface area contributed by atoms with Gasteiger partial charge < -0.3 is 14.8 Å². The second-order valence-corrected chi connectivity index (χ2v) is 7.35. The summed E-state index contributed by atoms with van der Waals surface area (Å²) >= 11 is 1.44. The van der Waals surface area contributed by atoms with Gasteiger partial charge in [-0.05, 0) is 31.0 Å². The van der Waals surface area contributed by atoms with E-state index in [-0.39, 0.29) is 18.9 Å². The van der Waals surface area contributed by atoms with Crippen LogP contribution >= 0.6 is 11.3 Å². The van der Waals surface area contributed by atoms with Gasteiger partial charge in [0.05, 0.1) is 24.3 Å². The van der Waals surface area contributed by atoms with E-state index in [1.807, 2.05) is 66.9 Å². The minimum Gasteiger partial charge on any atom is -0.493 e. The van der Waals surface area contributed by atoms with Crippen molar-refractivity contribution in [3.05, 3.63) is 71.2 Å². The Morgan fingerprint density at radius 3 is 2.63 bits per heavy atom. The molecule has 6 nitrogen and oxygen atoms in total. The first kappa shape index (κ1) is 21.5. The van der Waals surface area contributed by atoms with E-state index in [1.54, 1.807) is 0 Å². The second kappa shape index (κ2) is 11.1. The van der Waals surface area contributed by atoms with Crippen LogP contribution < -0.4 is 10.1 Å². The molecule has 0 fully saturated rings. The number of hydrogen-bond donors (Lipinski definition) is 1. The molecule has 1 heterocycles. The maximum Gasteiger partial charge on any atom is 0.312 e. The van der Waals surface area contributed by atoms with Crippen molar-refractivity contribution in [3.63, 3.8) is 0 Å². The van der Waals surface area contributed by atoms with Crippen LogP contribution in [0, 0.1) is 0 Å². The topological polar surface area (TPSA) is 77.5 Å². The number of carbonyl (C=O) groups is 2. The largest absolute Gasteiger partial charge is 0.493 e. The number of hydrogen-bond acceptors (Lipinski definition) is 6. The van der Waals surface area contributed by atoms with E-state index in [0.717, 1.165) is 28.3 Å². The molecule has 3 aromatic rings. The van der Waals surface area contributed by atoms with Gasteiger partial charge in [0.25, 0.3) is 5.91 Å². The van der Waals surface area contributed by atoms with E-state index in [1.165, 1.54) is 11.3 Å². The lowest BCUT2D eigenvalue weighted by Gasteiger charge is -2.07. The fraction of sp³-hybridized carbons (Fsp3) is 0.261. The highest BCUT2D eigenvalue weighted by molar-refractivity contribution is 7.13. The highest BCUT2D eigenvalue weighted by atomic mass is 32.1. The number of esters is 1. The third-order valence-corrected chi connectivity index (χ3v) is 5.16. The van der Waals surface area contributed by atoms with E-state index in [0.29, 0.717) is 18.8 Å². The molecular formula is C23H24N2O4S. The van der Waals surface area contributed by atoms with Crippen LogP contribution in [-0.4, -0.2) is 36.6 Å². The molecule has 1 N–H and O–H groups in total. The van der Waals surface area contributed by atoms with Crippen molar-refractivity contribution >= 4 is 23.2 Å². The molecule has 0 atom stereocenters. The molecule has 0 unspecified atom stereocenters. The Hall–Kier alpha value is -3.19. The average molecular weight is 425 g/mol. The number of ether oxygens (including phenoxy) is 2. The average Bonchev–Trinajstić information content (AvgIpc) is 3.22. The summed E-state index contributed by atoms with van der Waals surface area (Å²) in [4.78, 5) is 28.4. The number of aromatic nitrogens is 1. The van der Waals surface area contributed by atoms with Gasteiger partial charge >= 0.3 is 5.97 Å². The molecule has 0 saturated carbocycles. The first-order valence-corrected chi connectivity index (χ1v) is 10.7. The molecule has 1 amide bonds. The zero-order valence-electron chi connectivity index (χ0n) is 16.8. The number of para-hydroxylation sites is 1. The highest BCUT2D eigenvalue weighted by Gasteiger charge is 2.14. The molecule has 2 aromatic carbocycles. The summed E-state index contributed by atoms with van der Waals surface area (Å²) in [5.74, 6) is -0.0392. The number of amides is 1. The number of rotatable bonds is 10. The van der Waals surface area contributed by atoms with Gasteiger partial charge in [-0.1, -0.05) is 42.5 Å². The van der Waals surface area contributed by atoms with E-state index in [9.17, 15) is 9.59 Å². The van der Waals surface area contributed by atoms with Gasteiger partial charge in [-0.3, -0.25) is 9.59 Å². The van der Waals surface area contributed by atoms with Crippen LogP contribution in [0.5, 0.6) is 5.75 Å². The lowest BCUT2D eigenvalue weighted by molar-refractivity contribution is -0.147. The molecule has 0 saturated heterocycles. The predicted molar refractivity (Wildman–Crippen MR) is 117 cm³/mol. The summed E-state index contributed by atoms with van der Waals surface area (Å²) in [7, 11) is 0. The van der Waals surface area contributed by atoms with Crippen LogP contribution in [0.2, 0.25) is 0 Å². The Labute approximate surface area is 179 Å².